The quantitative estimate of drug-likeness (QED) is 0.717. The average Bonchev–Trinajstić information content (AvgIpc) is 2.86. The van der Waals surface area contributed by atoms with Crippen LogP contribution in [0.1, 0.15) is 21.6 Å². The zero-order valence-corrected chi connectivity index (χ0v) is 14.5. The van der Waals surface area contributed by atoms with E-state index in [1.165, 1.54) is 4.57 Å². The summed E-state index contributed by atoms with van der Waals surface area (Å²) < 4.78 is 6.77. The minimum atomic E-state index is -0.955. The first kappa shape index (κ1) is 17.0. The Bertz CT molecular complexity index is 973. The van der Waals surface area contributed by atoms with Gasteiger partial charge in [0.25, 0.3) is 5.91 Å². The van der Waals surface area contributed by atoms with Gasteiger partial charge >= 0.3 is 5.97 Å². The highest BCUT2D eigenvalue weighted by Crippen LogP contribution is 2.30. The molecule has 0 unspecified atom stereocenters. The summed E-state index contributed by atoms with van der Waals surface area (Å²) >= 11 is 5.89. The van der Waals surface area contributed by atoms with Gasteiger partial charge in [0.15, 0.2) is 0 Å². The molecule has 0 saturated carbocycles. The molecule has 1 N–H and O–H groups in total. The summed E-state index contributed by atoms with van der Waals surface area (Å²) in [6.45, 7) is 1.75. The number of aromatic nitrogens is 1. The topological polar surface area (TPSA) is 68.5 Å². The fraction of sp³-hybridized carbons (Fsp3) is 0.158. The molecule has 1 heterocycles. The molecule has 0 aliphatic heterocycles. The molecule has 0 atom stereocenters. The highest BCUT2D eigenvalue weighted by molar-refractivity contribution is 6.30. The van der Waals surface area contributed by atoms with Gasteiger partial charge in [0, 0.05) is 21.7 Å². The summed E-state index contributed by atoms with van der Waals surface area (Å²) in [6, 6.07) is 11.9. The van der Waals surface area contributed by atoms with E-state index < -0.39 is 5.97 Å². The van der Waals surface area contributed by atoms with Crippen LogP contribution in [0.3, 0.4) is 0 Å². The van der Waals surface area contributed by atoms with Crippen LogP contribution in [0.4, 0.5) is 0 Å². The van der Waals surface area contributed by atoms with Gasteiger partial charge in [-0.15, -0.1) is 0 Å². The number of halogens is 1. The van der Waals surface area contributed by atoms with E-state index in [0.717, 1.165) is 0 Å². The van der Waals surface area contributed by atoms with Gasteiger partial charge < -0.3 is 9.84 Å². The molecule has 5 nitrogen and oxygen atoms in total. The fourth-order valence-electron chi connectivity index (χ4n) is 2.95. The van der Waals surface area contributed by atoms with Crippen molar-refractivity contribution >= 4 is 34.4 Å². The maximum Gasteiger partial charge on any atom is 0.307 e. The predicted octanol–water partition coefficient (Wildman–Crippen LogP) is 3.93. The van der Waals surface area contributed by atoms with E-state index in [4.69, 9.17) is 16.3 Å². The number of fused-ring (bicyclic) bond motifs is 1. The Morgan fingerprint density at radius 3 is 2.44 bits per heavy atom. The van der Waals surface area contributed by atoms with Crippen LogP contribution in [-0.2, 0) is 11.2 Å². The lowest BCUT2D eigenvalue weighted by molar-refractivity contribution is -0.136. The molecule has 0 saturated heterocycles. The molecule has 0 spiro atoms. The van der Waals surface area contributed by atoms with Gasteiger partial charge in [0.2, 0.25) is 0 Å². The zero-order chi connectivity index (χ0) is 18.1. The minimum absolute atomic E-state index is 0.170. The van der Waals surface area contributed by atoms with E-state index in [0.29, 0.717) is 38.5 Å². The number of methoxy groups -OCH3 is 1. The van der Waals surface area contributed by atoms with Crippen LogP contribution in [0.15, 0.2) is 42.5 Å². The van der Waals surface area contributed by atoms with Crippen LogP contribution in [0.5, 0.6) is 5.75 Å². The normalized spacial score (nSPS) is 10.8. The van der Waals surface area contributed by atoms with E-state index in [-0.39, 0.29) is 12.3 Å². The zero-order valence-electron chi connectivity index (χ0n) is 13.7. The summed E-state index contributed by atoms with van der Waals surface area (Å²) in [7, 11) is 1.54. The Labute approximate surface area is 149 Å². The molecule has 0 bridgehead atoms. The van der Waals surface area contributed by atoms with Crippen molar-refractivity contribution in [2.45, 2.75) is 13.3 Å². The largest absolute Gasteiger partial charge is 0.497 e. The fourth-order valence-corrected chi connectivity index (χ4v) is 3.07. The first-order valence-corrected chi connectivity index (χ1v) is 8.00. The summed E-state index contributed by atoms with van der Waals surface area (Å²) in [5.74, 6) is -0.583. The lowest BCUT2D eigenvalue weighted by atomic mass is 10.1. The second-order valence-corrected chi connectivity index (χ2v) is 6.10. The molecule has 0 fully saturated rings. The number of carboxylic acid groups (broad SMARTS) is 1. The van der Waals surface area contributed by atoms with Gasteiger partial charge in [-0.1, -0.05) is 11.6 Å². The van der Waals surface area contributed by atoms with Gasteiger partial charge in [-0.25, -0.2) is 0 Å². The maximum absolute atomic E-state index is 13.0. The van der Waals surface area contributed by atoms with E-state index in [1.54, 1.807) is 56.5 Å². The van der Waals surface area contributed by atoms with Crippen LogP contribution in [0.2, 0.25) is 5.02 Å². The highest BCUT2D eigenvalue weighted by Gasteiger charge is 2.21. The molecule has 25 heavy (non-hydrogen) atoms. The molecule has 1 aromatic heterocycles. The third-order valence-corrected chi connectivity index (χ3v) is 4.42. The van der Waals surface area contributed by atoms with Crippen LogP contribution >= 0.6 is 11.6 Å². The monoisotopic (exact) mass is 358 g/mol. The number of carbonyl (C=O) groups excluding carboxylic acids is 1. The number of aliphatic carboxylic acids is 1. The summed E-state index contributed by atoms with van der Waals surface area (Å²) in [6.07, 6.45) is -0.170. The van der Waals surface area contributed by atoms with Crippen molar-refractivity contribution in [1.82, 2.24) is 4.57 Å². The van der Waals surface area contributed by atoms with Gasteiger partial charge in [0.05, 0.1) is 19.0 Å². The van der Waals surface area contributed by atoms with Crippen molar-refractivity contribution < 1.29 is 19.4 Å². The van der Waals surface area contributed by atoms with Gasteiger partial charge in [-0.05, 0) is 55.0 Å². The number of benzene rings is 2. The van der Waals surface area contributed by atoms with E-state index in [2.05, 4.69) is 0 Å². The van der Waals surface area contributed by atoms with Crippen molar-refractivity contribution in [2.75, 3.05) is 7.11 Å². The third kappa shape index (κ3) is 3.10. The SMILES string of the molecule is COc1ccc2c(c1)c(C[13C](=O)O)c(C)n2C(=O)c1ccc(Cl)cc1. The molecule has 0 aliphatic carbocycles. The molecular weight excluding hydrogens is 343 g/mol. The highest BCUT2D eigenvalue weighted by atomic mass is 35.5. The standard InChI is InChI=1S/C19H16ClNO4/c1-11-15(10-18(22)23)16-9-14(25-2)7-8-17(16)21(11)19(24)12-3-5-13(20)6-4-12/h3-9H,10H2,1-2H3,(H,22,23)/i18+1. The number of nitrogens with zero attached hydrogens (tertiary/aromatic N) is 1. The average molecular weight is 359 g/mol. The molecule has 0 aliphatic rings. The number of hydrogen-bond acceptors (Lipinski definition) is 3. The van der Waals surface area contributed by atoms with Gasteiger partial charge in [-0.2, -0.15) is 0 Å². The molecule has 3 rings (SSSR count). The first-order valence-electron chi connectivity index (χ1n) is 7.62. The smallest absolute Gasteiger partial charge is 0.307 e. The van der Waals surface area contributed by atoms with Gasteiger partial charge in [0.1, 0.15) is 5.75 Å². The predicted molar refractivity (Wildman–Crippen MR) is 95.7 cm³/mol. The molecular formula is C19H16ClNO4. The Morgan fingerprint density at radius 2 is 1.84 bits per heavy atom. The van der Waals surface area contributed by atoms with E-state index >= 15 is 0 Å². The number of carbonyl (C=O) groups is 2. The summed E-state index contributed by atoms with van der Waals surface area (Å²) in [4.78, 5) is 24.3. The summed E-state index contributed by atoms with van der Waals surface area (Å²) in [5.41, 5.74) is 2.32. The van der Waals surface area contributed by atoms with Crippen molar-refractivity contribution in [3.05, 3.63) is 64.3 Å². The number of ether oxygens (including phenoxy) is 1. The Hall–Kier alpha value is -2.79. The van der Waals surface area contributed by atoms with E-state index in [9.17, 15) is 14.7 Å². The Kier molecular flexibility index (Phi) is 4.51. The Morgan fingerprint density at radius 1 is 1.16 bits per heavy atom. The van der Waals surface area contributed by atoms with Crippen LogP contribution in [-0.4, -0.2) is 28.7 Å². The number of rotatable bonds is 4. The second-order valence-electron chi connectivity index (χ2n) is 5.67. The maximum atomic E-state index is 13.0. The van der Waals surface area contributed by atoms with Crippen LogP contribution < -0.4 is 4.74 Å². The van der Waals surface area contributed by atoms with Crippen molar-refractivity contribution in [2.24, 2.45) is 0 Å². The second kappa shape index (κ2) is 6.61. The minimum Gasteiger partial charge on any atom is -0.497 e. The summed E-state index contributed by atoms with van der Waals surface area (Å²) in [5, 5.41) is 10.5. The number of carboxylic acids is 1. The molecule has 128 valence electrons. The van der Waals surface area contributed by atoms with Gasteiger partial charge in [-0.3, -0.25) is 14.2 Å². The molecule has 0 amide bonds. The van der Waals surface area contributed by atoms with Crippen LogP contribution in [0, 0.1) is 6.92 Å². The van der Waals surface area contributed by atoms with E-state index in [1.807, 2.05) is 0 Å². The molecule has 0 radical (unpaired) electrons. The molecule has 6 heteroatoms. The van der Waals surface area contributed by atoms with Crippen LogP contribution in [0.25, 0.3) is 10.9 Å². The lowest BCUT2D eigenvalue weighted by Gasteiger charge is -2.08. The van der Waals surface area contributed by atoms with Crippen molar-refractivity contribution in [3.8, 4) is 5.75 Å². The number of hydrogen-bond donors (Lipinski definition) is 1. The van der Waals surface area contributed by atoms with Crippen molar-refractivity contribution in [3.63, 3.8) is 0 Å². The molecule has 3 aromatic rings. The van der Waals surface area contributed by atoms with Crippen molar-refractivity contribution in [1.29, 1.82) is 0 Å². The lowest BCUT2D eigenvalue weighted by Crippen LogP contribution is -2.14. The third-order valence-electron chi connectivity index (χ3n) is 4.16. The first-order chi connectivity index (χ1) is 11.9. The Balaban J connectivity index is 2.23. The molecule has 2 aromatic carbocycles.